The summed E-state index contributed by atoms with van der Waals surface area (Å²) in [5.74, 6) is -1.75. The second-order valence-corrected chi connectivity index (χ2v) is 5.86. The first-order valence-corrected chi connectivity index (χ1v) is 7.58. The van der Waals surface area contributed by atoms with E-state index >= 15 is 0 Å². The number of hydrogen-bond donors (Lipinski definition) is 2. The molecule has 116 valence electrons. The molecule has 0 amide bonds. The topological polar surface area (TPSA) is 57.5 Å². The minimum atomic E-state index is -0.741. The zero-order valence-electron chi connectivity index (χ0n) is 11.7. The molecule has 0 saturated heterocycles. The molecule has 0 radical (unpaired) electrons. The van der Waals surface area contributed by atoms with Gasteiger partial charge in [-0.2, -0.15) is 0 Å². The van der Waals surface area contributed by atoms with Crippen molar-refractivity contribution >= 4 is 29.0 Å². The molecule has 0 spiro atoms. The average molecular weight is 339 g/mol. The van der Waals surface area contributed by atoms with Crippen LogP contribution in [0.2, 0.25) is 10.0 Å². The summed E-state index contributed by atoms with van der Waals surface area (Å²) < 4.78 is 0. The minimum Gasteiger partial charge on any atom is -0.395 e. The molecule has 2 N–H and O–H groups in total. The van der Waals surface area contributed by atoms with Crippen LogP contribution in [0.15, 0.2) is 48.5 Å². The number of Topliss-reactive ketones (excluding diaryl/α,β-unsaturated/α-hetero) is 1. The Kier molecular flexibility index (Phi) is 5.98. The SMILES string of the molecule is O=C(C(CO)c1cccc(Cl)c1)C(CO)c1cccc(Cl)c1. The fourth-order valence-electron chi connectivity index (χ4n) is 2.41. The molecule has 5 heteroatoms. The fourth-order valence-corrected chi connectivity index (χ4v) is 2.81. The summed E-state index contributed by atoms with van der Waals surface area (Å²) in [5.41, 5.74) is 1.25. The lowest BCUT2D eigenvalue weighted by Gasteiger charge is -2.20. The van der Waals surface area contributed by atoms with Gasteiger partial charge in [-0.3, -0.25) is 4.79 Å². The fraction of sp³-hybridized carbons (Fsp3) is 0.235. The molecular formula is C17H16Cl2O3. The molecule has 0 heterocycles. The highest BCUT2D eigenvalue weighted by molar-refractivity contribution is 6.31. The van der Waals surface area contributed by atoms with Crippen LogP contribution >= 0.6 is 23.2 Å². The van der Waals surface area contributed by atoms with Crippen molar-refractivity contribution in [2.75, 3.05) is 13.2 Å². The van der Waals surface area contributed by atoms with Crippen LogP contribution in [0, 0.1) is 0 Å². The van der Waals surface area contributed by atoms with Gasteiger partial charge in [-0.1, -0.05) is 47.5 Å². The number of benzene rings is 2. The van der Waals surface area contributed by atoms with Gasteiger partial charge >= 0.3 is 0 Å². The van der Waals surface area contributed by atoms with Gasteiger partial charge in [0.15, 0.2) is 5.78 Å². The molecule has 2 aromatic carbocycles. The molecule has 2 unspecified atom stereocenters. The van der Waals surface area contributed by atoms with Crippen molar-refractivity contribution in [3.05, 3.63) is 69.7 Å². The van der Waals surface area contributed by atoms with E-state index in [4.69, 9.17) is 23.2 Å². The number of carbonyl (C=O) groups excluding carboxylic acids is 1. The minimum absolute atomic E-state index is 0.269. The van der Waals surface area contributed by atoms with Crippen LogP contribution in [-0.2, 0) is 4.79 Å². The molecule has 0 saturated carbocycles. The molecule has 0 bridgehead atoms. The molecule has 2 atom stereocenters. The van der Waals surface area contributed by atoms with Gasteiger partial charge in [0, 0.05) is 10.0 Å². The summed E-state index contributed by atoms with van der Waals surface area (Å²) in [4.78, 5) is 12.7. The molecule has 2 aromatic rings. The zero-order valence-corrected chi connectivity index (χ0v) is 13.3. The number of hydrogen-bond acceptors (Lipinski definition) is 3. The Labute approximate surface area is 139 Å². The summed E-state index contributed by atoms with van der Waals surface area (Å²) >= 11 is 11.9. The largest absolute Gasteiger partial charge is 0.395 e. The zero-order chi connectivity index (χ0) is 16.1. The van der Waals surface area contributed by atoms with E-state index in [1.54, 1.807) is 48.5 Å². The monoisotopic (exact) mass is 338 g/mol. The Morgan fingerprint density at radius 3 is 1.59 bits per heavy atom. The number of rotatable bonds is 6. The molecule has 0 fully saturated rings. The van der Waals surface area contributed by atoms with Crippen LogP contribution in [0.25, 0.3) is 0 Å². The number of ketones is 1. The van der Waals surface area contributed by atoms with Gasteiger partial charge in [-0.25, -0.2) is 0 Å². The standard InChI is InChI=1S/C17H16Cl2O3/c18-13-5-1-3-11(7-13)15(9-20)17(22)16(10-21)12-4-2-6-14(19)8-12/h1-8,15-16,20-21H,9-10H2. The molecule has 0 aromatic heterocycles. The summed E-state index contributed by atoms with van der Waals surface area (Å²) in [6.07, 6.45) is 0. The quantitative estimate of drug-likeness (QED) is 0.848. The van der Waals surface area contributed by atoms with E-state index in [2.05, 4.69) is 0 Å². The number of halogens is 2. The van der Waals surface area contributed by atoms with Crippen molar-refractivity contribution in [1.29, 1.82) is 0 Å². The lowest BCUT2D eigenvalue weighted by atomic mass is 9.84. The summed E-state index contributed by atoms with van der Waals surface area (Å²) in [6, 6.07) is 13.6. The highest BCUT2D eigenvalue weighted by atomic mass is 35.5. The van der Waals surface area contributed by atoms with Gasteiger partial charge in [-0.05, 0) is 35.4 Å². The van der Waals surface area contributed by atoms with Gasteiger partial charge in [0.2, 0.25) is 0 Å². The smallest absolute Gasteiger partial charge is 0.152 e. The van der Waals surface area contributed by atoms with Gasteiger partial charge < -0.3 is 10.2 Å². The Morgan fingerprint density at radius 2 is 1.27 bits per heavy atom. The van der Waals surface area contributed by atoms with Crippen molar-refractivity contribution in [1.82, 2.24) is 0 Å². The molecule has 2 rings (SSSR count). The Bertz CT molecular complexity index is 602. The lowest BCUT2D eigenvalue weighted by Crippen LogP contribution is -2.25. The van der Waals surface area contributed by atoms with E-state index in [0.717, 1.165) is 0 Å². The second kappa shape index (κ2) is 7.75. The first-order valence-electron chi connectivity index (χ1n) is 6.83. The van der Waals surface area contributed by atoms with Crippen LogP contribution < -0.4 is 0 Å². The van der Waals surface area contributed by atoms with Gasteiger partial charge in [0.1, 0.15) is 0 Å². The first kappa shape index (κ1) is 17.0. The van der Waals surface area contributed by atoms with Gasteiger partial charge in [-0.15, -0.1) is 0 Å². The maximum atomic E-state index is 12.7. The van der Waals surface area contributed by atoms with Crippen LogP contribution in [0.4, 0.5) is 0 Å². The van der Waals surface area contributed by atoms with E-state index in [0.29, 0.717) is 21.2 Å². The predicted molar refractivity (Wildman–Crippen MR) is 87.6 cm³/mol. The summed E-state index contributed by atoms with van der Waals surface area (Å²) in [7, 11) is 0. The second-order valence-electron chi connectivity index (χ2n) is 4.98. The average Bonchev–Trinajstić information content (AvgIpc) is 2.49. The van der Waals surface area contributed by atoms with E-state index in [1.807, 2.05) is 0 Å². The van der Waals surface area contributed by atoms with Crippen LogP contribution in [0.5, 0.6) is 0 Å². The highest BCUT2D eigenvalue weighted by Crippen LogP contribution is 2.28. The van der Waals surface area contributed by atoms with Crippen molar-refractivity contribution in [3.63, 3.8) is 0 Å². The molecule has 0 aliphatic carbocycles. The summed E-state index contributed by atoms with van der Waals surface area (Å²) in [6.45, 7) is -0.702. The first-order chi connectivity index (χ1) is 10.6. The lowest BCUT2D eigenvalue weighted by molar-refractivity contribution is -0.123. The molecular weight excluding hydrogens is 323 g/mol. The third kappa shape index (κ3) is 3.87. The third-order valence-electron chi connectivity index (χ3n) is 3.55. The molecule has 3 nitrogen and oxygen atoms in total. The third-order valence-corrected chi connectivity index (χ3v) is 4.02. The van der Waals surface area contributed by atoms with E-state index < -0.39 is 11.8 Å². The van der Waals surface area contributed by atoms with Gasteiger partial charge in [0.05, 0.1) is 25.0 Å². The predicted octanol–water partition coefficient (Wildman–Crippen LogP) is 3.41. The molecule has 0 aliphatic heterocycles. The van der Waals surface area contributed by atoms with Crippen molar-refractivity contribution < 1.29 is 15.0 Å². The molecule has 22 heavy (non-hydrogen) atoms. The van der Waals surface area contributed by atoms with Crippen molar-refractivity contribution in [2.45, 2.75) is 11.8 Å². The number of aliphatic hydroxyl groups is 2. The van der Waals surface area contributed by atoms with E-state index in [-0.39, 0.29) is 19.0 Å². The highest BCUT2D eigenvalue weighted by Gasteiger charge is 2.28. The molecule has 0 aliphatic rings. The maximum Gasteiger partial charge on any atom is 0.152 e. The van der Waals surface area contributed by atoms with Crippen LogP contribution in [0.3, 0.4) is 0 Å². The Balaban J connectivity index is 2.33. The van der Waals surface area contributed by atoms with Crippen molar-refractivity contribution in [2.24, 2.45) is 0 Å². The van der Waals surface area contributed by atoms with Crippen LogP contribution in [-0.4, -0.2) is 29.2 Å². The Hall–Kier alpha value is -1.39. The normalized spacial score (nSPS) is 13.6. The van der Waals surface area contributed by atoms with E-state index in [9.17, 15) is 15.0 Å². The van der Waals surface area contributed by atoms with Crippen molar-refractivity contribution in [3.8, 4) is 0 Å². The summed E-state index contributed by atoms with van der Waals surface area (Å²) in [5, 5.41) is 20.2. The van der Waals surface area contributed by atoms with Gasteiger partial charge in [0.25, 0.3) is 0 Å². The maximum absolute atomic E-state index is 12.7. The number of aliphatic hydroxyl groups excluding tert-OH is 2. The van der Waals surface area contributed by atoms with Crippen LogP contribution in [0.1, 0.15) is 23.0 Å². The van der Waals surface area contributed by atoms with E-state index in [1.165, 1.54) is 0 Å². The Morgan fingerprint density at radius 1 is 0.864 bits per heavy atom. The number of carbonyl (C=O) groups is 1.